The van der Waals surface area contributed by atoms with Crippen LogP contribution in [0, 0.1) is 0 Å². The highest BCUT2D eigenvalue weighted by Gasteiger charge is 2.38. The summed E-state index contributed by atoms with van der Waals surface area (Å²) in [4.78, 5) is 25.9. The first-order valence-corrected chi connectivity index (χ1v) is 9.00. The van der Waals surface area contributed by atoms with E-state index in [0.717, 1.165) is 0 Å². The van der Waals surface area contributed by atoms with E-state index in [-0.39, 0.29) is 18.6 Å². The van der Waals surface area contributed by atoms with E-state index >= 15 is 0 Å². The largest absolute Gasteiger partial charge is 0.447 e. The third-order valence-corrected chi connectivity index (χ3v) is 4.42. The zero-order valence-electron chi connectivity index (χ0n) is 15.8. The Labute approximate surface area is 165 Å². The summed E-state index contributed by atoms with van der Waals surface area (Å²) in [6.07, 6.45) is 3.47. The van der Waals surface area contributed by atoms with Crippen LogP contribution in [0.15, 0.2) is 41.2 Å². The molecule has 3 aromatic rings. The number of aromatic nitrogens is 5. The van der Waals surface area contributed by atoms with Gasteiger partial charge in [0.05, 0.1) is 11.7 Å². The molecule has 11 heteroatoms. The van der Waals surface area contributed by atoms with Gasteiger partial charge in [-0.15, -0.1) is 10.2 Å². The van der Waals surface area contributed by atoms with Gasteiger partial charge in [-0.25, -0.2) is 9.78 Å². The lowest BCUT2D eigenvalue weighted by molar-refractivity contribution is 0.142. The van der Waals surface area contributed by atoms with E-state index < -0.39 is 18.2 Å². The third-order valence-electron chi connectivity index (χ3n) is 4.42. The van der Waals surface area contributed by atoms with Crippen LogP contribution in [0.5, 0.6) is 0 Å². The Morgan fingerprint density at radius 3 is 2.90 bits per heavy atom. The van der Waals surface area contributed by atoms with E-state index in [4.69, 9.17) is 9.15 Å². The molecule has 4 heterocycles. The lowest BCUT2D eigenvalue weighted by Crippen LogP contribution is -2.41. The zero-order chi connectivity index (χ0) is 20.4. The number of ether oxygens (including phenoxy) is 1. The van der Waals surface area contributed by atoms with Crippen molar-refractivity contribution in [1.29, 1.82) is 0 Å². The van der Waals surface area contributed by atoms with Crippen LogP contribution < -0.4 is 10.2 Å². The first kappa shape index (κ1) is 18.7. The maximum atomic E-state index is 12.1. The molecule has 1 aliphatic rings. The topological polar surface area (TPSA) is 139 Å². The summed E-state index contributed by atoms with van der Waals surface area (Å²) in [6, 6.07) is 4.28. The van der Waals surface area contributed by atoms with E-state index in [9.17, 15) is 9.90 Å². The standard InChI is InChI=1S/C18H19N7O4/c1-10(15-23-24-16(29-15)12-4-3-6-19-8-12)21-17-20-7-5-14(22-17)25-13(11(2)26)9-28-18(25)27/h3-8,10-11,13,26H,9H2,1-2H3,(H,20,21,22)/t10-,11-,13-/m1/s1. The number of amides is 1. The molecule has 1 amide bonds. The molecule has 4 rings (SSSR count). The zero-order valence-corrected chi connectivity index (χ0v) is 15.8. The highest BCUT2D eigenvalue weighted by molar-refractivity contribution is 5.89. The van der Waals surface area contributed by atoms with Crippen LogP contribution in [0.4, 0.5) is 16.6 Å². The van der Waals surface area contributed by atoms with Crippen LogP contribution >= 0.6 is 0 Å². The van der Waals surface area contributed by atoms with E-state index in [1.807, 2.05) is 13.0 Å². The highest BCUT2D eigenvalue weighted by atomic mass is 16.6. The van der Waals surface area contributed by atoms with Gasteiger partial charge in [-0.05, 0) is 32.0 Å². The number of cyclic esters (lactones) is 1. The van der Waals surface area contributed by atoms with Gasteiger partial charge in [-0.2, -0.15) is 4.98 Å². The molecule has 1 aliphatic heterocycles. The smallest absolute Gasteiger partial charge is 0.416 e. The van der Waals surface area contributed by atoms with Crippen molar-refractivity contribution in [3.8, 4) is 11.5 Å². The molecule has 11 nitrogen and oxygen atoms in total. The van der Waals surface area contributed by atoms with Crippen LogP contribution in [-0.4, -0.2) is 55.1 Å². The van der Waals surface area contributed by atoms with Crippen molar-refractivity contribution in [2.45, 2.75) is 32.0 Å². The van der Waals surface area contributed by atoms with Crippen LogP contribution in [0.2, 0.25) is 0 Å². The number of pyridine rings is 1. The fourth-order valence-electron chi connectivity index (χ4n) is 2.88. The second-order valence-electron chi connectivity index (χ2n) is 6.55. The number of nitrogens with one attached hydrogen (secondary N) is 1. The van der Waals surface area contributed by atoms with Crippen LogP contribution in [-0.2, 0) is 4.74 Å². The number of anilines is 2. The molecule has 1 fully saturated rings. The fourth-order valence-corrected chi connectivity index (χ4v) is 2.88. The fraction of sp³-hybridized carbons (Fsp3) is 0.333. The highest BCUT2D eigenvalue weighted by Crippen LogP contribution is 2.25. The van der Waals surface area contributed by atoms with Crippen molar-refractivity contribution in [3.05, 3.63) is 42.7 Å². The Morgan fingerprint density at radius 2 is 2.14 bits per heavy atom. The average molecular weight is 397 g/mol. The third kappa shape index (κ3) is 3.85. The monoisotopic (exact) mass is 397 g/mol. The molecule has 2 N–H and O–H groups in total. The summed E-state index contributed by atoms with van der Waals surface area (Å²) < 4.78 is 10.7. The summed E-state index contributed by atoms with van der Waals surface area (Å²) in [7, 11) is 0. The molecule has 150 valence electrons. The number of aliphatic hydroxyl groups is 1. The Morgan fingerprint density at radius 1 is 1.28 bits per heavy atom. The van der Waals surface area contributed by atoms with E-state index in [0.29, 0.717) is 23.2 Å². The first-order chi connectivity index (χ1) is 14.0. The molecule has 0 aliphatic carbocycles. The van der Waals surface area contributed by atoms with Gasteiger partial charge in [0.15, 0.2) is 0 Å². The molecule has 0 saturated carbocycles. The summed E-state index contributed by atoms with van der Waals surface area (Å²) in [6.45, 7) is 3.51. The summed E-state index contributed by atoms with van der Waals surface area (Å²) >= 11 is 0. The molecule has 3 aromatic heterocycles. The molecule has 0 spiro atoms. The summed E-state index contributed by atoms with van der Waals surface area (Å²) in [5.41, 5.74) is 0.716. The summed E-state index contributed by atoms with van der Waals surface area (Å²) in [5, 5.41) is 21.1. The van der Waals surface area contributed by atoms with Crippen LogP contribution in [0.25, 0.3) is 11.5 Å². The number of aliphatic hydroxyl groups excluding tert-OH is 1. The molecule has 0 aromatic carbocycles. The average Bonchev–Trinajstić information content (AvgIpc) is 3.36. The minimum atomic E-state index is -0.768. The first-order valence-electron chi connectivity index (χ1n) is 9.00. The summed E-state index contributed by atoms with van der Waals surface area (Å²) in [5.74, 6) is 1.29. The number of carbonyl (C=O) groups is 1. The second kappa shape index (κ2) is 7.80. The number of carbonyl (C=O) groups excluding carboxylic acids is 1. The molecule has 29 heavy (non-hydrogen) atoms. The Balaban J connectivity index is 1.51. The molecule has 3 atom stereocenters. The molecular formula is C18H19N7O4. The molecule has 0 bridgehead atoms. The number of rotatable bonds is 6. The van der Waals surface area contributed by atoms with Gasteiger partial charge in [0.25, 0.3) is 0 Å². The number of nitrogens with zero attached hydrogens (tertiary/aromatic N) is 6. The molecule has 0 unspecified atom stereocenters. The predicted octanol–water partition coefficient (Wildman–Crippen LogP) is 1.80. The van der Waals surface area contributed by atoms with E-state index in [2.05, 4.69) is 30.5 Å². The van der Waals surface area contributed by atoms with E-state index in [1.54, 1.807) is 31.5 Å². The van der Waals surface area contributed by atoms with E-state index in [1.165, 1.54) is 11.1 Å². The lowest BCUT2D eigenvalue weighted by atomic mass is 10.2. The van der Waals surface area contributed by atoms with Gasteiger partial charge in [0.1, 0.15) is 24.5 Å². The Hall–Kier alpha value is -3.60. The minimum absolute atomic E-state index is 0.0960. The van der Waals surface area contributed by atoms with Crippen molar-refractivity contribution >= 4 is 17.9 Å². The minimum Gasteiger partial charge on any atom is -0.447 e. The van der Waals surface area contributed by atoms with Gasteiger partial charge in [-0.3, -0.25) is 9.88 Å². The number of hydrogen-bond donors (Lipinski definition) is 2. The van der Waals surface area contributed by atoms with Crippen LogP contribution in [0.3, 0.4) is 0 Å². The molecule has 1 saturated heterocycles. The van der Waals surface area contributed by atoms with Crippen molar-refractivity contribution in [2.24, 2.45) is 0 Å². The molecular weight excluding hydrogens is 378 g/mol. The van der Waals surface area contributed by atoms with Gasteiger partial charge in [0.2, 0.25) is 17.7 Å². The lowest BCUT2D eigenvalue weighted by Gasteiger charge is -2.22. The Kier molecular flexibility index (Phi) is 5.04. The second-order valence-corrected chi connectivity index (χ2v) is 6.55. The van der Waals surface area contributed by atoms with Crippen molar-refractivity contribution in [2.75, 3.05) is 16.8 Å². The predicted molar refractivity (Wildman–Crippen MR) is 101 cm³/mol. The van der Waals surface area contributed by atoms with Gasteiger partial charge >= 0.3 is 6.09 Å². The number of hydrogen-bond acceptors (Lipinski definition) is 10. The maximum Gasteiger partial charge on any atom is 0.416 e. The normalized spacial score (nSPS) is 18.4. The van der Waals surface area contributed by atoms with Gasteiger partial charge in [0, 0.05) is 18.6 Å². The quantitative estimate of drug-likeness (QED) is 0.633. The Bertz CT molecular complexity index is 995. The van der Waals surface area contributed by atoms with Crippen molar-refractivity contribution in [1.82, 2.24) is 25.1 Å². The van der Waals surface area contributed by atoms with Crippen molar-refractivity contribution in [3.63, 3.8) is 0 Å². The SMILES string of the molecule is C[C@@H](Nc1nccc(N2C(=O)OC[C@@H]2[C@@H](C)O)n1)c1nnc(-c2cccnc2)o1. The van der Waals surface area contributed by atoms with Gasteiger partial charge in [-0.1, -0.05) is 0 Å². The molecule has 0 radical (unpaired) electrons. The van der Waals surface area contributed by atoms with Crippen LogP contribution in [0.1, 0.15) is 25.8 Å². The maximum absolute atomic E-state index is 12.1. The van der Waals surface area contributed by atoms with Crippen molar-refractivity contribution < 1.29 is 19.1 Å². The van der Waals surface area contributed by atoms with Gasteiger partial charge < -0.3 is 19.6 Å².